The SMILES string of the molecule is COc1cnc2c(-c3nc4ccc5c(c4s3)OC[C@H](COC(=O)Nc3ccc4[nH]ccc4c3)O5)cc(C)cc2n1. The number of amides is 1. The summed E-state index contributed by atoms with van der Waals surface area (Å²) in [5.41, 5.74) is 5.87. The zero-order valence-electron chi connectivity index (χ0n) is 21.6. The Morgan fingerprint density at radius 2 is 2.08 bits per heavy atom. The second kappa shape index (κ2) is 9.69. The number of anilines is 1. The Kier molecular flexibility index (Phi) is 5.85. The maximum Gasteiger partial charge on any atom is 0.411 e. The predicted octanol–water partition coefficient (Wildman–Crippen LogP) is 6.09. The molecule has 1 amide bonds. The van der Waals surface area contributed by atoms with Gasteiger partial charge in [0.25, 0.3) is 0 Å². The standard InChI is InChI=1S/C29H23N5O5S/c1-15-9-19(25-22(10-15)33-24(36-2)12-31-25)28-34-21-5-6-23-26(27(21)40-28)37-13-18(39-23)14-38-29(35)32-17-3-4-20-16(11-17)7-8-30-20/h3-12,18,30H,13-14H2,1-2H3,(H,32,35)/t18-/m1/s1. The molecule has 0 saturated heterocycles. The molecule has 2 N–H and O–H groups in total. The molecule has 10 nitrogen and oxygen atoms in total. The molecule has 7 rings (SSSR count). The molecular formula is C29H23N5O5S. The summed E-state index contributed by atoms with van der Waals surface area (Å²) in [7, 11) is 1.57. The number of aromatic amines is 1. The van der Waals surface area contributed by atoms with Crippen LogP contribution in [0, 0.1) is 6.92 Å². The highest BCUT2D eigenvalue weighted by atomic mass is 32.1. The van der Waals surface area contributed by atoms with Crippen LogP contribution in [-0.2, 0) is 4.74 Å². The third-order valence-electron chi connectivity index (χ3n) is 6.59. The van der Waals surface area contributed by atoms with Gasteiger partial charge in [0.1, 0.15) is 22.9 Å². The number of carbonyl (C=O) groups excluding carboxylic acids is 1. The van der Waals surface area contributed by atoms with Crippen LogP contribution in [0.3, 0.4) is 0 Å². The third kappa shape index (κ3) is 4.39. The first kappa shape index (κ1) is 24.2. The Hall–Kier alpha value is -4.90. The van der Waals surface area contributed by atoms with Crippen LogP contribution in [0.1, 0.15) is 5.56 Å². The maximum atomic E-state index is 12.4. The molecule has 0 spiro atoms. The van der Waals surface area contributed by atoms with Gasteiger partial charge in [0.05, 0.1) is 29.9 Å². The van der Waals surface area contributed by atoms with E-state index in [-0.39, 0.29) is 13.2 Å². The van der Waals surface area contributed by atoms with Gasteiger partial charge in [-0.15, -0.1) is 11.3 Å². The van der Waals surface area contributed by atoms with Crippen LogP contribution < -0.4 is 19.5 Å². The Labute approximate surface area is 231 Å². The highest BCUT2D eigenvalue weighted by Gasteiger charge is 2.26. The average molecular weight is 554 g/mol. The molecule has 0 unspecified atom stereocenters. The van der Waals surface area contributed by atoms with Crippen LogP contribution >= 0.6 is 11.3 Å². The summed E-state index contributed by atoms with van der Waals surface area (Å²) >= 11 is 1.51. The predicted molar refractivity (Wildman–Crippen MR) is 153 cm³/mol. The maximum absolute atomic E-state index is 12.4. The van der Waals surface area contributed by atoms with Gasteiger partial charge in [-0.1, -0.05) is 0 Å². The van der Waals surface area contributed by atoms with Gasteiger partial charge >= 0.3 is 6.09 Å². The number of fused-ring (bicyclic) bond motifs is 5. The van der Waals surface area contributed by atoms with Crippen molar-refractivity contribution < 1.29 is 23.7 Å². The molecule has 1 aliphatic heterocycles. The summed E-state index contributed by atoms with van der Waals surface area (Å²) in [5, 5.41) is 4.56. The molecule has 0 aliphatic carbocycles. The topological polar surface area (TPSA) is 120 Å². The van der Waals surface area contributed by atoms with Crippen LogP contribution in [0.25, 0.3) is 42.7 Å². The first-order chi connectivity index (χ1) is 19.5. The highest BCUT2D eigenvalue weighted by Crippen LogP contribution is 2.44. The third-order valence-corrected chi connectivity index (χ3v) is 7.69. The van der Waals surface area contributed by atoms with Crippen molar-refractivity contribution in [3.05, 3.63) is 66.5 Å². The molecule has 11 heteroatoms. The van der Waals surface area contributed by atoms with E-state index >= 15 is 0 Å². The van der Waals surface area contributed by atoms with E-state index in [9.17, 15) is 4.79 Å². The molecule has 4 heterocycles. The summed E-state index contributed by atoms with van der Waals surface area (Å²) in [6, 6.07) is 15.3. The van der Waals surface area contributed by atoms with Crippen LogP contribution in [0.2, 0.25) is 0 Å². The lowest BCUT2D eigenvalue weighted by Gasteiger charge is -2.26. The largest absolute Gasteiger partial charge is 0.484 e. The van der Waals surface area contributed by atoms with Crippen molar-refractivity contribution in [2.45, 2.75) is 13.0 Å². The Bertz CT molecular complexity index is 1920. The molecule has 3 aromatic heterocycles. The lowest BCUT2D eigenvalue weighted by molar-refractivity contribution is 0.0383. The lowest BCUT2D eigenvalue weighted by Crippen LogP contribution is -2.35. The fourth-order valence-electron chi connectivity index (χ4n) is 4.73. The molecule has 6 aromatic rings. The Morgan fingerprint density at radius 1 is 1.15 bits per heavy atom. The van der Waals surface area contributed by atoms with E-state index in [2.05, 4.69) is 26.3 Å². The van der Waals surface area contributed by atoms with Gasteiger partial charge < -0.3 is 23.9 Å². The first-order valence-electron chi connectivity index (χ1n) is 12.6. The van der Waals surface area contributed by atoms with Crippen molar-refractivity contribution in [2.75, 3.05) is 25.6 Å². The molecule has 200 valence electrons. The van der Waals surface area contributed by atoms with Crippen molar-refractivity contribution in [3.8, 4) is 28.0 Å². The number of hydrogen-bond acceptors (Lipinski definition) is 9. The van der Waals surface area contributed by atoms with Gasteiger partial charge in [-0.05, 0) is 61.0 Å². The molecule has 40 heavy (non-hydrogen) atoms. The number of aryl methyl sites for hydroxylation is 1. The lowest BCUT2D eigenvalue weighted by atomic mass is 10.1. The summed E-state index contributed by atoms with van der Waals surface area (Å²) in [5.74, 6) is 1.67. The van der Waals surface area contributed by atoms with Gasteiger partial charge in [-0.3, -0.25) is 5.32 Å². The second-order valence-electron chi connectivity index (χ2n) is 9.41. The molecule has 0 radical (unpaired) electrons. The van der Waals surface area contributed by atoms with Gasteiger partial charge in [0.2, 0.25) is 5.88 Å². The van der Waals surface area contributed by atoms with Crippen molar-refractivity contribution >= 4 is 55.3 Å². The van der Waals surface area contributed by atoms with E-state index in [1.54, 1.807) is 13.3 Å². The van der Waals surface area contributed by atoms with E-state index in [1.165, 1.54) is 11.3 Å². The van der Waals surface area contributed by atoms with Crippen LogP contribution in [-0.4, -0.2) is 52.5 Å². The van der Waals surface area contributed by atoms with E-state index < -0.39 is 12.2 Å². The smallest absolute Gasteiger partial charge is 0.411 e. The average Bonchev–Trinajstić information content (AvgIpc) is 3.62. The number of aromatic nitrogens is 4. The highest BCUT2D eigenvalue weighted by molar-refractivity contribution is 7.22. The number of H-pyrrole nitrogens is 1. The number of hydrogen-bond donors (Lipinski definition) is 2. The number of nitrogens with one attached hydrogen (secondary N) is 2. The number of nitrogens with zero attached hydrogens (tertiary/aromatic N) is 3. The number of carbonyl (C=O) groups is 1. The molecular weight excluding hydrogens is 530 g/mol. The first-order valence-corrected chi connectivity index (χ1v) is 13.4. The van der Waals surface area contributed by atoms with Gasteiger partial charge in [-0.25, -0.2) is 19.7 Å². The van der Waals surface area contributed by atoms with Crippen LogP contribution in [0.5, 0.6) is 17.4 Å². The fraction of sp³-hybridized carbons (Fsp3) is 0.172. The summed E-state index contributed by atoms with van der Waals surface area (Å²) in [6.45, 7) is 2.29. The van der Waals surface area contributed by atoms with E-state index in [1.807, 2.05) is 55.6 Å². The van der Waals surface area contributed by atoms with Crippen molar-refractivity contribution in [1.29, 1.82) is 0 Å². The minimum absolute atomic E-state index is 0.0427. The van der Waals surface area contributed by atoms with E-state index in [4.69, 9.17) is 23.9 Å². The molecule has 1 aliphatic rings. The summed E-state index contributed by atoms with van der Waals surface area (Å²) < 4.78 is 23.8. The van der Waals surface area contributed by atoms with Gasteiger partial charge in [-0.2, -0.15) is 0 Å². The van der Waals surface area contributed by atoms with E-state index in [0.29, 0.717) is 23.1 Å². The normalized spacial score (nSPS) is 14.5. The zero-order valence-corrected chi connectivity index (χ0v) is 22.4. The van der Waals surface area contributed by atoms with Crippen LogP contribution in [0.4, 0.5) is 10.5 Å². The molecule has 1 atom stereocenters. The van der Waals surface area contributed by atoms with Gasteiger partial charge in [0.15, 0.2) is 17.6 Å². The number of thiazole rings is 1. The monoisotopic (exact) mass is 553 g/mol. The number of ether oxygens (including phenoxy) is 4. The van der Waals surface area contributed by atoms with Crippen molar-refractivity contribution in [3.63, 3.8) is 0 Å². The van der Waals surface area contributed by atoms with Crippen molar-refractivity contribution in [1.82, 2.24) is 19.9 Å². The quantitative estimate of drug-likeness (QED) is 0.263. The van der Waals surface area contributed by atoms with Crippen LogP contribution in [0.15, 0.2) is 60.9 Å². The molecule has 3 aromatic carbocycles. The zero-order chi connectivity index (χ0) is 27.2. The number of methoxy groups -OCH3 is 1. The molecule has 0 fully saturated rings. The minimum Gasteiger partial charge on any atom is -0.484 e. The minimum atomic E-state index is -0.557. The fourth-order valence-corrected chi connectivity index (χ4v) is 5.80. The van der Waals surface area contributed by atoms with E-state index in [0.717, 1.165) is 48.3 Å². The summed E-state index contributed by atoms with van der Waals surface area (Å²) in [6.07, 6.45) is 2.46. The number of rotatable bonds is 5. The Balaban J connectivity index is 1.08. The second-order valence-corrected chi connectivity index (χ2v) is 10.4. The van der Waals surface area contributed by atoms with Crippen molar-refractivity contribution in [2.24, 2.45) is 0 Å². The molecule has 0 saturated carbocycles. The number of benzene rings is 3. The summed E-state index contributed by atoms with van der Waals surface area (Å²) in [4.78, 5) is 29.5. The molecule has 0 bridgehead atoms. The van der Waals surface area contributed by atoms with Gasteiger partial charge in [0, 0.05) is 28.4 Å². The Morgan fingerprint density at radius 3 is 2.98 bits per heavy atom.